The van der Waals surface area contributed by atoms with Crippen molar-refractivity contribution in [2.75, 3.05) is 10.6 Å². The topological polar surface area (TPSA) is 673 Å². The number of nitrogens with one attached hydrogen (secondary N) is 2. The fraction of sp³-hybridized carbons (Fsp3) is 0.517. The molecular formula is C29H38N2O36S10. The first-order chi connectivity index (χ1) is 34.2. The highest BCUT2D eigenvalue weighted by Crippen LogP contribution is 2.58. The van der Waals surface area contributed by atoms with Gasteiger partial charge in [-0.3, -0.25) is 46.0 Å². The van der Waals surface area contributed by atoms with Gasteiger partial charge in [-0.2, -0.15) is 67.3 Å². The van der Waals surface area contributed by atoms with Gasteiger partial charge in [0.2, 0.25) is 22.7 Å². The minimum atomic E-state index is -7.21. The number of amides is 2. The first-order valence-corrected chi connectivity index (χ1v) is 32.5. The minimum Gasteiger partial charge on any atom is -0.373 e. The number of ether oxygens (including phenoxy) is 2. The maximum atomic E-state index is 12.7. The number of hydrogen-bond acceptors (Lipinski definition) is 30. The molecule has 18 N–H and O–H groups in total. The number of rotatable bonds is 20. The van der Waals surface area contributed by atoms with Crippen molar-refractivity contribution >= 4 is 128 Å². The quantitative estimate of drug-likeness (QED) is 0.0548. The second kappa shape index (κ2) is 21.1. The number of thioether (sulfide) groups is 2. The summed E-state index contributed by atoms with van der Waals surface area (Å²) in [6, 6.07) is 6.88. The molecule has 2 aromatic carbocycles. The molecule has 440 valence electrons. The summed E-state index contributed by atoms with van der Waals surface area (Å²) in [5.74, 6) is -1.75. The van der Waals surface area contributed by atoms with Gasteiger partial charge in [0.1, 0.15) is 0 Å². The molecule has 12 atom stereocenters. The number of anilines is 2. The van der Waals surface area contributed by atoms with Gasteiger partial charge in [0.25, 0.3) is 49.8 Å². The van der Waals surface area contributed by atoms with E-state index in [1.54, 1.807) is 0 Å². The first kappa shape index (κ1) is 66.5. The van der Waals surface area contributed by atoms with Crippen LogP contribution in [0, 0.1) is 0 Å². The van der Waals surface area contributed by atoms with E-state index in [0.717, 1.165) is 48.5 Å². The molecule has 0 aromatic heterocycles. The van der Waals surface area contributed by atoms with Gasteiger partial charge >= 0.3 is 60.7 Å². The molecule has 4 rings (SSSR count). The first-order valence-electron chi connectivity index (χ1n) is 19.1. The van der Waals surface area contributed by atoms with Crippen LogP contribution < -0.4 is 10.6 Å². The summed E-state index contributed by atoms with van der Waals surface area (Å²) in [5, 5.41) is 91.2. The summed E-state index contributed by atoms with van der Waals surface area (Å²) >= 11 is -0.831. The molecule has 2 aromatic rings. The van der Waals surface area contributed by atoms with Crippen molar-refractivity contribution < 1.29 is 164 Å². The molecule has 0 radical (unpaired) electrons. The molecule has 2 fully saturated rings. The fourth-order valence-electron chi connectivity index (χ4n) is 7.21. The van der Waals surface area contributed by atoms with Crippen LogP contribution in [0.25, 0.3) is 0 Å². The average Bonchev–Trinajstić information content (AvgIpc) is 3.24. The van der Waals surface area contributed by atoms with E-state index in [2.05, 4.69) is 20.1 Å². The molecule has 0 aliphatic carbocycles. The van der Waals surface area contributed by atoms with E-state index >= 15 is 0 Å². The Hall–Kier alpha value is -3.04. The number of aliphatic hydroxyl groups excluding tert-OH is 2. The zero-order chi connectivity index (χ0) is 59.9. The van der Waals surface area contributed by atoms with Crippen LogP contribution >= 0.6 is 23.5 Å². The Bertz CT molecular complexity index is 3370. The third-order valence-corrected chi connectivity index (χ3v) is 23.8. The van der Waals surface area contributed by atoms with Crippen LogP contribution in [0.2, 0.25) is 0 Å². The average molecular weight is 1310 g/mol. The number of aliphatic hydroxyl groups is 8. The molecule has 0 spiro atoms. The van der Waals surface area contributed by atoms with Crippen molar-refractivity contribution in [3.05, 3.63) is 48.5 Å². The molecule has 2 amide bonds. The van der Waals surface area contributed by atoms with Crippen LogP contribution in [-0.2, 0) is 100 Å². The summed E-state index contributed by atoms with van der Waals surface area (Å²) in [4.78, 5) is -9.35. The molecule has 2 aliphatic rings. The van der Waals surface area contributed by atoms with Gasteiger partial charge in [-0.25, -0.2) is 0 Å². The second-order valence-electron chi connectivity index (χ2n) is 15.7. The zero-order valence-electron chi connectivity index (χ0n) is 36.6. The predicted molar refractivity (Wildman–Crippen MR) is 247 cm³/mol. The zero-order valence-corrected chi connectivity index (χ0v) is 44.8. The number of carbonyl (C=O) groups excluding carboxylic acids is 2. The lowest BCUT2D eigenvalue weighted by Crippen LogP contribution is -2.86. The van der Waals surface area contributed by atoms with Gasteiger partial charge in [0, 0.05) is 34.0 Å². The Morgan fingerprint density at radius 3 is 0.896 bits per heavy atom. The van der Waals surface area contributed by atoms with Crippen LogP contribution in [0.3, 0.4) is 0 Å². The van der Waals surface area contributed by atoms with E-state index in [1.807, 2.05) is 0 Å². The van der Waals surface area contributed by atoms with Gasteiger partial charge in [-0.15, -0.1) is 0 Å². The van der Waals surface area contributed by atoms with Crippen molar-refractivity contribution in [3.8, 4) is 0 Å². The SMILES string of the molecule is O=C(CCCC(=O)Nc1ccc(S[C@@H]2O[C@H](C(O)S(=O)(=O)O)[C@](O)(S(=O)(=O)O)[C@@](O)(S(=O)(=O)O)[C@]2(O)S(=O)(=O)O)cc1)Nc1ccc(S[C@@H]2O[C@H](C(O)S(=O)(=O)O)[C@](O)(S(=O)(=O)O)[C@@](O)(S(=O)(=O)O)[C@]2(O)S(=O)(=O)O)cc1. The minimum absolute atomic E-state index is 0.193. The van der Waals surface area contributed by atoms with Crippen LogP contribution in [0.5, 0.6) is 0 Å². The standard InChI is InChI=1S/C29H38N2O36S10/c32-16(30-12-4-8-14(9-5-12)68-22-26(38,74(54,55)56)28(40,76(60,61)62)24(36,72(48,49)50)18(66-22)20(34)70(42,43)44)2-1-3-17(33)31-13-6-10-15(11-7-13)69-23-27(39,75(57,58)59)29(41,77(63,64)65)25(37,73(51,52)53)19(67-23)21(35)71(45,46)47/h4-11,18-23,34-41H,1-3H2,(H,30,32)(H,31,33)(H,42,43,44)(H,45,46,47)(H,48,49,50)(H,51,52,53)(H,54,55,56)(H,57,58,59)(H,60,61,62)(H,63,64,65)/t18-,19-,20?,21?,22+,23+,24+,25+,26-,27-,28-,29-/m1/s1. The van der Waals surface area contributed by atoms with E-state index in [1.165, 1.54) is 0 Å². The monoisotopic (exact) mass is 1310 g/mol. The second-order valence-corrected chi connectivity index (χ2v) is 30.4. The van der Waals surface area contributed by atoms with Gasteiger partial charge < -0.3 is 61.0 Å². The third-order valence-electron chi connectivity index (χ3n) is 10.9. The summed E-state index contributed by atoms with van der Waals surface area (Å²) < 4.78 is 284. The molecule has 0 saturated carbocycles. The van der Waals surface area contributed by atoms with E-state index in [9.17, 15) is 154 Å². The highest BCUT2D eigenvalue weighted by atomic mass is 32.3. The molecule has 2 saturated heterocycles. The number of hydrogen-bond donors (Lipinski definition) is 18. The highest BCUT2D eigenvalue weighted by Gasteiger charge is 2.90. The Labute approximate surface area is 440 Å². The highest BCUT2D eigenvalue weighted by molar-refractivity contribution is 8.02. The Kier molecular flexibility index (Phi) is 18.2. The number of carbonyl (C=O) groups is 2. The fourth-order valence-corrected chi connectivity index (χ4v) is 19.9. The lowest BCUT2D eigenvalue weighted by Gasteiger charge is -2.55. The smallest absolute Gasteiger partial charge is 0.303 e. The normalized spacial score (nSPS) is 31.9. The van der Waals surface area contributed by atoms with Gasteiger partial charge in [-0.05, 0) is 55.0 Å². The van der Waals surface area contributed by atoms with E-state index in [-0.39, 0.29) is 17.8 Å². The maximum Gasteiger partial charge on any atom is 0.303 e. The van der Waals surface area contributed by atoms with E-state index < -0.39 is 202 Å². The van der Waals surface area contributed by atoms with Crippen LogP contribution in [0.4, 0.5) is 11.4 Å². The van der Waals surface area contributed by atoms with Crippen molar-refractivity contribution in [3.63, 3.8) is 0 Å². The van der Waals surface area contributed by atoms with E-state index in [0.29, 0.717) is 0 Å². The third kappa shape index (κ3) is 11.2. The molecule has 2 heterocycles. The Balaban J connectivity index is 1.51. The molecule has 77 heavy (non-hydrogen) atoms. The molecule has 2 aliphatic heterocycles. The molecular weight excluding hydrogens is 1270 g/mol. The van der Waals surface area contributed by atoms with Crippen LogP contribution in [0.15, 0.2) is 58.3 Å². The van der Waals surface area contributed by atoms with Crippen molar-refractivity contribution in [1.82, 2.24) is 0 Å². The molecule has 2 unspecified atom stereocenters. The van der Waals surface area contributed by atoms with Crippen LogP contribution in [-0.4, -0.2) is 220 Å². The van der Waals surface area contributed by atoms with Gasteiger partial charge in [0.05, 0.1) is 0 Å². The summed E-state index contributed by atoms with van der Waals surface area (Å²) in [6.45, 7) is 0. The van der Waals surface area contributed by atoms with Gasteiger partial charge in [0.15, 0.2) is 23.1 Å². The molecule has 38 nitrogen and oxygen atoms in total. The van der Waals surface area contributed by atoms with Crippen LogP contribution in [0.1, 0.15) is 19.3 Å². The van der Waals surface area contributed by atoms with Gasteiger partial charge in [-0.1, -0.05) is 23.5 Å². The lowest BCUT2D eigenvalue weighted by molar-refractivity contribution is -0.265. The maximum absolute atomic E-state index is 12.7. The lowest BCUT2D eigenvalue weighted by atomic mass is 9.97. The number of benzene rings is 2. The van der Waals surface area contributed by atoms with Crippen molar-refractivity contribution in [2.24, 2.45) is 0 Å². The summed E-state index contributed by atoms with van der Waals surface area (Å²) in [6.07, 6.45) is -9.27. The predicted octanol–water partition coefficient (Wildman–Crippen LogP) is -7.06. The Morgan fingerprint density at radius 2 is 0.688 bits per heavy atom. The largest absolute Gasteiger partial charge is 0.373 e. The molecule has 48 heteroatoms. The molecule has 0 bridgehead atoms. The Morgan fingerprint density at radius 1 is 0.442 bits per heavy atom. The van der Waals surface area contributed by atoms with Crippen molar-refractivity contribution in [1.29, 1.82) is 0 Å². The summed E-state index contributed by atoms with van der Waals surface area (Å²) in [7, 11) is -54.9. The summed E-state index contributed by atoms with van der Waals surface area (Å²) in [5.41, 5.74) is -15.2. The van der Waals surface area contributed by atoms with Crippen molar-refractivity contribution in [2.45, 2.75) is 92.6 Å². The van der Waals surface area contributed by atoms with E-state index in [4.69, 9.17) is 0 Å².